The van der Waals surface area contributed by atoms with E-state index in [-0.39, 0.29) is 5.91 Å². The highest BCUT2D eigenvalue weighted by Crippen LogP contribution is 2.25. The lowest BCUT2D eigenvalue weighted by Gasteiger charge is -2.36. The van der Waals surface area contributed by atoms with Crippen molar-refractivity contribution in [2.75, 3.05) is 31.1 Å². The maximum absolute atomic E-state index is 12.7. The van der Waals surface area contributed by atoms with E-state index in [0.29, 0.717) is 24.6 Å². The Bertz CT molecular complexity index is 935. The van der Waals surface area contributed by atoms with E-state index in [1.54, 1.807) is 17.0 Å². The number of carbonyl (C=O) groups excluding carboxylic acids is 1. The molecule has 0 N–H and O–H groups in total. The lowest BCUT2D eigenvalue weighted by molar-refractivity contribution is 0.0739. The molecule has 0 aliphatic carbocycles. The summed E-state index contributed by atoms with van der Waals surface area (Å²) in [7, 11) is 0. The zero-order valence-electron chi connectivity index (χ0n) is 14.8. The van der Waals surface area contributed by atoms with Crippen molar-refractivity contribution in [2.45, 2.75) is 6.92 Å². The van der Waals surface area contributed by atoms with E-state index in [9.17, 15) is 4.79 Å². The lowest BCUT2D eigenvalue weighted by atomic mass is 10.1. The van der Waals surface area contributed by atoms with Crippen molar-refractivity contribution in [1.82, 2.24) is 29.9 Å². The summed E-state index contributed by atoms with van der Waals surface area (Å²) in [6, 6.07) is 9.26. The molecule has 1 fully saturated rings. The Hall–Kier alpha value is -3.00. The van der Waals surface area contributed by atoms with Crippen molar-refractivity contribution in [1.29, 1.82) is 0 Å². The van der Waals surface area contributed by atoms with Crippen molar-refractivity contribution in [3.05, 3.63) is 59.3 Å². The van der Waals surface area contributed by atoms with E-state index in [1.807, 2.05) is 18.2 Å². The fourth-order valence-corrected chi connectivity index (χ4v) is 3.29. The predicted molar refractivity (Wildman–Crippen MR) is 101 cm³/mol. The number of hydrogen-bond acceptors (Lipinski definition) is 6. The van der Waals surface area contributed by atoms with Crippen LogP contribution >= 0.6 is 11.6 Å². The maximum Gasteiger partial charge on any atom is 0.274 e. The molecule has 3 heterocycles. The summed E-state index contributed by atoms with van der Waals surface area (Å²) < 4.78 is 1.49. The zero-order chi connectivity index (χ0) is 18.8. The zero-order valence-corrected chi connectivity index (χ0v) is 15.5. The van der Waals surface area contributed by atoms with Gasteiger partial charge in [0.25, 0.3) is 5.91 Å². The topological polar surface area (TPSA) is 80.0 Å². The van der Waals surface area contributed by atoms with Gasteiger partial charge in [-0.25, -0.2) is 9.67 Å². The Labute approximate surface area is 161 Å². The number of rotatable bonds is 3. The minimum atomic E-state index is -0.116. The first-order valence-electron chi connectivity index (χ1n) is 8.61. The molecule has 4 rings (SSSR count). The standard InChI is InChI=1S/C18H18ClN7O/c1-13-2-3-14(19)10-16(13)24-6-8-25(9-7-24)18(27)15-4-5-17(23-22-15)26-12-20-11-21-26/h2-5,10-12H,6-9H2,1H3. The second kappa shape index (κ2) is 7.32. The number of carbonyl (C=O) groups is 1. The molecule has 2 aromatic heterocycles. The third kappa shape index (κ3) is 3.61. The van der Waals surface area contributed by atoms with Crippen LogP contribution in [0.5, 0.6) is 0 Å². The van der Waals surface area contributed by atoms with Gasteiger partial charge >= 0.3 is 0 Å². The van der Waals surface area contributed by atoms with E-state index in [1.165, 1.54) is 22.9 Å². The molecule has 0 bridgehead atoms. The van der Waals surface area contributed by atoms with Crippen LogP contribution in [-0.2, 0) is 0 Å². The van der Waals surface area contributed by atoms with Gasteiger partial charge in [0.05, 0.1) is 0 Å². The van der Waals surface area contributed by atoms with Crippen molar-refractivity contribution < 1.29 is 4.79 Å². The molecule has 1 aromatic carbocycles. The number of amides is 1. The first kappa shape index (κ1) is 17.4. The summed E-state index contributed by atoms with van der Waals surface area (Å²) in [5, 5.41) is 12.8. The number of anilines is 1. The van der Waals surface area contributed by atoms with Crippen LogP contribution < -0.4 is 4.90 Å². The molecule has 1 aliphatic heterocycles. The number of hydrogen-bond donors (Lipinski definition) is 0. The predicted octanol–water partition coefficient (Wildman–Crippen LogP) is 1.98. The molecule has 3 aromatic rings. The Kier molecular flexibility index (Phi) is 4.72. The molecule has 8 nitrogen and oxygen atoms in total. The maximum atomic E-state index is 12.7. The summed E-state index contributed by atoms with van der Waals surface area (Å²) in [6.07, 6.45) is 2.95. The Balaban J connectivity index is 1.42. The molecule has 0 spiro atoms. The van der Waals surface area contributed by atoms with Crippen LogP contribution in [0.25, 0.3) is 5.82 Å². The van der Waals surface area contributed by atoms with Gasteiger partial charge in [0, 0.05) is 36.9 Å². The molecule has 1 saturated heterocycles. The van der Waals surface area contributed by atoms with Crippen LogP contribution in [-0.4, -0.2) is 61.9 Å². The highest BCUT2D eigenvalue weighted by atomic mass is 35.5. The smallest absolute Gasteiger partial charge is 0.274 e. The van der Waals surface area contributed by atoms with Gasteiger partial charge in [0.1, 0.15) is 12.7 Å². The van der Waals surface area contributed by atoms with Gasteiger partial charge in [-0.05, 0) is 36.8 Å². The number of nitrogens with zero attached hydrogens (tertiary/aromatic N) is 7. The normalized spacial score (nSPS) is 14.4. The van der Waals surface area contributed by atoms with Crippen LogP contribution in [0.4, 0.5) is 5.69 Å². The molecule has 0 unspecified atom stereocenters. The average Bonchev–Trinajstić information content (AvgIpc) is 3.24. The van der Waals surface area contributed by atoms with Gasteiger partial charge in [-0.15, -0.1) is 10.2 Å². The van der Waals surface area contributed by atoms with Crippen molar-refractivity contribution in [3.8, 4) is 5.82 Å². The molecule has 138 valence electrons. The summed E-state index contributed by atoms with van der Waals surface area (Å²) in [5.74, 6) is 0.403. The van der Waals surface area contributed by atoms with Crippen LogP contribution in [0.2, 0.25) is 5.02 Å². The molecule has 1 aliphatic rings. The summed E-state index contributed by atoms with van der Waals surface area (Å²) in [4.78, 5) is 20.6. The highest BCUT2D eigenvalue weighted by molar-refractivity contribution is 6.30. The highest BCUT2D eigenvalue weighted by Gasteiger charge is 2.24. The Morgan fingerprint density at radius 1 is 1.07 bits per heavy atom. The van der Waals surface area contributed by atoms with E-state index in [4.69, 9.17) is 11.6 Å². The first-order chi connectivity index (χ1) is 13.1. The minimum Gasteiger partial charge on any atom is -0.368 e. The second-order valence-corrected chi connectivity index (χ2v) is 6.76. The third-order valence-corrected chi connectivity index (χ3v) is 4.84. The third-order valence-electron chi connectivity index (χ3n) is 4.60. The fraction of sp³-hybridized carbons (Fsp3) is 0.278. The molecular formula is C18H18ClN7O. The van der Waals surface area contributed by atoms with E-state index < -0.39 is 0 Å². The lowest BCUT2D eigenvalue weighted by Crippen LogP contribution is -2.49. The molecule has 0 radical (unpaired) electrons. The number of halogens is 1. The van der Waals surface area contributed by atoms with Gasteiger partial charge in [-0.2, -0.15) is 5.10 Å². The number of aromatic nitrogens is 5. The van der Waals surface area contributed by atoms with Gasteiger partial charge in [-0.1, -0.05) is 17.7 Å². The largest absolute Gasteiger partial charge is 0.368 e. The van der Waals surface area contributed by atoms with Crippen molar-refractivity contribution in [2.24, 2.45) is 0 Å². The van der Waals surface area contributed by atoms with E-state index >= 15 is 0 Å². The molecule has 0 saturated carbocycles. The van der Waals surface area contributed by atoms with Crippen molar-refractivity contribution in [3.63, 3.8) is 0 Å². The number of aryl methyl sites for hydroxylation is 1. The second-order valence-electron chi connectivity index (χ2n) is 6.33. The SMILES string of the molecule is Cc1ccc(Cl)cc1N1CCN(C(=O)c2ccc(-n3cncn3)nn2)CC1. The molecule has 27 heavy (non-hydrogen) atoms. The quantitative estimate of drug-likeness (QED) is 0.688. The first-order valence-corrected chi connectivity index (χ1v) is 8.99. The fourth-order valence-electron chi connectivity index (χ4n) is 3.12. The average molecular weight is 384 g/mol. The van der Waals surface area contributed by atoms with E-state index in [0.717, 1.165) is 23.8 Å². The van der Waals surface area contributed by atoms with Crippen LogP contribution in [0.1, 0.15) is 16.1 Å². The van der Waals surface area contributed by atoms with Crippen LogP contribution in [0, 0.1) is 6.92 Å². The minimum absolute atomic E-state index is 0.116. The molecule has 9 heteroatoms. The summed E-state index contributed by atoms with van der Waals surface area (Å²) in [6.45, 7) is 4.80. The number of benzene rings is 1. The van der Waals surface area contributed by atoms with Gasteiger partial charge in [-0.3, -0.25) is 4.79 Å². The van der Waals surface area contributed by atoms with Crippen LogP contribution in [0.15, 0.2) is 43.0 Å². The molecule has 1 amide bonds. The number of piperazine rings is 1. The van der Waals surface area contributed by atoms with Crippen molar-refractivity contribution >= 4 is 23.2 Å². The van der Waals surface area contributed by atoms with E-state index in [2.05, 4.69) is 32.1 Å². The van der Waals surface area contributed by atoms with Gasteiger partial charge in [0.2, 0.25) is 0 Å². The Morgan fingerprint density at radius 2 is 1.89 bits per heavy atom. The Morgan fingerprint density at radius 3 is 2.56 bits per heavy atom. The summed E-state index contributed by atoms with van der Waals surface area (Å²) in [5.41, 5.74) is 2.62. The molecular weight excluding hydrogens is 366 g/mol. The molecule has 0 atom stereocenters. The van der Waals surface area contributed by atoms with Gasteiger partial charge in [0.15, 0.2) is 11.5 Å². The monoisotopic (exact) mass is 383 g/mol. The summed E-state index contributed by atoms with van der Waals surface area (Å²) >= 11 is 6.13. The van der Waals surface area contributed by atoms with Crippen LogP contribution in [0.3, 0.4) is 0 Å². The van der Waals surface area contributed by atoms with Gasteiger partial charge < -0.3 is 9.80 Å².